The van der Waals surface area contributed by atoms with E-state index in [0.717, 1.165) is 36.0 Å². The van der Waals surface area contributed by atoms with Gasteiger partial charge < -0.3 is 10.1 Å². The van der Waals surface area contributed by atoms with Crippen LogP contribution in [-0.4, -0.2) is 23.1 Å². The van der Waals surface area contributed by atoms with Crippen LogP contribution in [0.4, 0.5) is 5.69 Å². The molecule has 1 heterocycles. The van der Waals surface area contributed by atoms with Crippen LogP contribution >= 0.6 is 11.8 Å². The third kappa shape index (κ3) is 4.16. The summed E-state index contributed by atoms with van der Waals surface area (Å²) in [6.45, 7) is 7.34. The average molecular weight is 278 g/mol. The van der Waals surface area contributed by atoms with Gasteiger partial charge in [0.05, 0.1) is 12.6 Å². The van der Waals surface area contributed by atoms with Gasteiger partial charge in [0.25, 0.3) is 0 Å². The van der Waals surface area contributed by atoms with Crippen molar-refractivity contribution < 1.29 is 4.74 Å². The molecule has 0 spiro atoms. The lowest BCUT2D eigenvalue weighted by molar-refractivity contribution is 0.217. The molecule has 1 aromatic rings. The summed E-state index contributed by atoms with van der Waals surface area (Å²) in [6, 6.07) is 8.09. The van der Waals surface area contributed by atoms with Gasteiger partial charge in [0.2, 0.25) is 0 Å². The Morgan fingerprint density at radius 2 is 2.32 bits per heavy atom. The van der Waals surface area contributed by atoms with Crippen LogP contribution in [0.5, 0.6) is 5.75 Å². The van der Waals surface area contributed by atoms with Gasteiger partial charge in [0.15, 0.2) is 5.17 Å². The maximum Gasteiger partial charge on any atom is 0.161 e. The van der Waals surface area contributed by atoms with E-state index in [1.165, 1.54) is 0 Å². The Hall–Kier alpha value is -1.16. The number of benzene rings is 1. The Morgan fingerprint density at radius 1 is 1.47 bits per heavy atom. The first-order valence-electron chi connectivity index (χ1n) is 6.96. The van der Waals surface area contributed by atoms with Crippen molar-refractivity contribution in [2.24, 2.45) is 4.99 Å². The van der Waals surface area contributed by atoms with Gasteiger partial charge in [-0.3, -0.25) is 4.99 Å². The van der Waals surface area contributed by atoms with Crippen molar-refractivity contribution in [2.45, 2.75) is 45.0 Å². The van der Waals surface area contributed by atoms with E-state index < -0.39 is 0 Å². The van der Waals surface area contributed by atoms with Crippen LogP contribution in [0.3, 0.4) is 0 Å². The van der Waals surface area contributed by atoms with E-state index in [-0.39, 0.29) is 6.10 Å². The van der Waals surface area contributed by atoms with Crippen LogP contribution in [0.15, 0.2) is 29.3 Å². The molecule has 2 rings (SSSR count). The average Bonchev–Trinajstić information content (AvgIpc) is 2.86. The molecule has 2 unspecified atom stereocenters. The van der Waals surface area contributed by atoms with Crippen molar-refractivity contribution in [2.75, 3.05) is 11.9 Å². The van der Waals surface area contributed by atoms with Gasteiger partial charge in [-0.15, -0.1) is 0 Å². The molecule has 2 atom stereocenters. The Bertz CT molecular complexity index is 448. The van der Waals surface area contributed by atoms with Crippen LogP contribution < -0.4 is 10.1 Å². The third-order valence-corrected chi connectivity index (χ3v) is 4.44. The second-order valence-corrected chi connectivity index (χ2v) is 6.07. The number of rotatable bonds is 5. The van der Waals surface area contributed by atoms with Gasteiger partial charge in [0.1, 0.15) is 5.75 Å². The van der Waals surface area contributed by atoms with Gasteiger partial charge in [0, 0.05) is 17.0 Å². The highest BCUT2D eigenvalue weighted by Crippen LogP contribution is 2.26. The van der Waals surface area contributed by atoms with Crippen LogP contribution in [0.25, 0.3) is 0 Å². The predicted octanol–water partition coefficient (Wildman–Crippen LogP) is 4.16. The first-order chi connectivity index (χ1) is 9.21. The summed E-state index contributed by atoms with van der Waals surface area (Å²) in [7, 11) is 0. The number of anilines is 1. The fraction of sp³-hybridized carbons (Fsp3) is 0.533. The summed E-state index contributed by atoms with van der Waals surface area (Å²) < 4.78 is 5.82. The van der Waals surface area contributed by atoms with Gasteiger partial charge >= 0.3 is 0 Å². The minimum Gasteiger partial charge on any atom is -0.491 e. The highest BCUT2D eigenvalue weighted by molar-refractivity contribution is 8.15. The van der Waals surface area contributed by atoms with Crippen molar-refractivity contribution in [3.8, 4) is 5.75 Å². The van der Waals surface area contributed by atoms with Crippen molar-refractivity contribution >= 4 is 22.6 Å². The lowest BCUT2D eigenvalue weighted by Gasteiger charge is -2.14. The number of nitrogens with zero attached hydrogens (tertiary/aromatic N) is 1. The summed E-state index contributed by atoms with van der Waals surface area (Å²) in [5, 5.41) is 5.02. The first-order valence-corrected chi connectivity index (χ1v) is 7.84. The van der Waals surface area contributed by atoms with Gasteiger partial charge in [-0.2, -0.15) is 0 Å². The molecule has 0 aromatic heterocycles. The number of ether oxygens (including phenoxy) is 1. The van der Waals surface area contributed by atoms with E-state index in [2.05, 4.69) is 31.1 Å². The number of hydrogen-bond donors (Lipinski definition) is 1. The van der Waals surface area contributed by atoms with Crippen LogP contribution in [-0.2, 0) is 0 Å². The Labute approximate surface area is 119 Å². The minimum absolute atomic E-state index is 0.248. The Morgan fingerprint density at radius 3 is 3.00 bits per heavy atom. The van der Waals surface area contributed by atoms with Crippen LogP contribution in [0, 0.1) is 0 Å². The molecule has 0 aliphatic carbocycles. The molecule has 104 valence electrons. The van der Waals surface area contributed by atoms with Crippen LogP contribution in [0.1, 0.15) is 33.6 Å². The molecule has 1 aliphatic heterocycles. The molecule has 0 saturated carbocycles. The molecule has 19 heavy (non-hydrogen) atoms. The standard InChI is InChI=1S/C15H22N2OS/c1-4-11(3)18-13-8-6-7-12(9-13)17-15-16-10-14(5-2)19-15/h6-9,11,14H,4-5,10H2,1-3H3,(H,16,17). The number of aliphatic imine (C=N–C) groups is 1. The van der Waals surface area contributed by atoms with E-state index in [0.29, 0.717) is 5.25 Å². The molecule has 1 N–H and O–H groups in total. The zero-order valence-corrected chi connectivity index (χ0v) is 12.7. The molecular formula is C15H22N2OS. The lowest BCUT2D eigenvalue weighted by Crippen LogP contribution is -2.10. The van der Waals surface area contributed by atoms with E-state index in [4.69, 9.17) is 4.74 Å². The first kappa shape index (κ1) is 14.3. The third-order valence-electron chi connectivity index (χ3n) is 3.17. The molecule has 1 aromatic carbocycles. The fourth-order valence-corrected chi connectivity index (χ4v) is 2.74. The summed E-state index contributed by atoms with van der Waals surface area (Å²) >= 11 is 1.83. The van der Waals surface area contributed by atoms with Crippen molar-refractivity contribution in [3.63, 3.8) is 0 Å². The smallest absolute Gasteiger partial charge is 0.161 e. The monoisotopic (exact) mass is 278 g/mol. The molecule has 0 saturated heterocycles. The zero-order chi connectivity index (χ0) is 13.7. The van der Waals surface area contributed by atoms with E-state index >= 15 is 0 Å². The highest BCUT2D eigenvalue weighted by atomic mass is 32.2. The maximum absolute atomic E-state index is 5.82. The zero-order valence-electron chi connectivity index (χ0n) is 11.8. The van der Waals surface area contributed by atoms with Crippen molar-refractivity contribution in [3.05, 3.63) is 24.3 Å². The van der Waals surface area contributed by atoms with Crippen LogP contribution in [0.2, 0.25) is 0 Å². The number of thioether (sulfide) groups is 1. The van der Waals surface area contributed by atoms with Gasteiger partial charge in [-0.25, -0.2) is 0 Å². The van der Waals surface area contributed by atoms with Crippen molar-refractivity contribution in [1.29, 1.82) is 0 Å². The Kier molecular flexibility index (Phi) is 5.14. The van der Waals surface area contributed by atoms with Crippen molar-refractivity contribution in [1.82, 2.24) is 0 Å². The normalized spacial score (nSPS) is 19.9. The quantitative estimate of drug-likeness (QED) is 0.878. The number of nitrogens with one attached hydrogen (secondary N) is 1. The molecule has 0 fully saturated rings. The SMILES string of the molecule is CCC(C)Oc1cccc(NC2=NCC(CC)S2)c1. The summed E-state index contributed by atoms with van der Waals surface area (Å²) in [5.41, 5.74) is 1.05. The molecule has 0 amide bonds. The van der Waals surface area contributed by atoms with Gasteiger partial charge in [-0.1, -0.05) is 31.7 Å². The summed E-state index contributed by atoms with van der Waals surface area (Å²) in [5.74, 6) is 0.912. The summed E-state index contributed by atoms with van der Waals surface area (Å²) in [6.07, 6.45) is 2.42. The predicted molar refractivity (Wildman–Crippen MR) is 84.4 cm³/mol. The second kappa shape index (κ2) is 6.85. The molecule has 1 aliphatic rings. The van der Waals surface area contributed by atoms with E-state index in [9.17, 15) is 0 Å². The van der Waals surface area contributed by atoms with E-state index in [1.54, 1.807) is 0 Å². The minimum atomic E-state index is 0.248. The topological polar surface area (TPSA) is 33.6 Å². The molecular weight excluding hydrogens is 256 g/mol. The van der Waals surface area contributed by atoms with E-state index in [1.807, 2.05) is 36.0 Å². The largest absolute Gasteiger partial charge is 0.491 e. The van der Waals surface area contributed by atoms with Gasteiger partial charge in [-0.05, 0) is 31.9 Å². The molecule has 0 bridgehead atoms. The lowest BCUT2D eigenvalue weighted by atomic mass is 10.3. The number of hydrogen-bond acceptors (Lipinski definition) is 4. The molecule has 3 nitrogen and oxygen atoms in total. The fourth-order valence-electron chi connectivity index (χ4n) is 1.78. The highest BCUT2D eigenvalue weighted by Gasteiger charge is 2.17. The number of amidine groups is 1. The molecule has 0 radical (unpaired) electrons. The summed E-state index contributed by atoms with van der Waals surface area (Å²) in [4.78, 5) is 4.52. The second-order valence-electron chi connectivity index (χ2n) is 4.78. The maximum atomic E-state index is 5.82. The molecule has 4 heteroatoms. The Balaban J connectivity index is 1.96.